The standard InChI is InChI=1S/C13H21BrN4O2/c1-9(8-18-4-6-20-7-5-18)15-13(19)12-11(14)10(2)17(3)16-12/h9H,4-8H2,1-3H3,(H,15,19). The van der Waals surface area contributed by atoms with Crippen LogP contribution in [0.3, 0.4) is 0 Å². The van der Waals surface area contributed by atoms with E-state index < -0.39 is 0 Å². The maximum absolute atomic E-state index is 12.2. The van der Waals surface area contributed by atoms with Crippen LogP contribution in [-0.2, 0) is 11.8 Å². The lowest BCUT2D eigenvalue weighted by Crippen LogP contribution is -2.46. The number of carbonyl (C=O) groups excluding carboxylic acids is 1. The second kappa shape index (κ2) is 6.69. The van der Waals surface area contributed by atoms with Crippen LogP contribution >= 0.6 is 15.9 Å². The number of amides is 1. The van der Waals surface area contributed by atoms with Crippen molar-refractivity contribution in [3.63, 3.8) is 0 Å². The first-order valence-electron chi connectivity index (χ1n) is 6.79. The van der Waals surface area contributed by atoms with Gasteiger partial charge in [0.25, 0.3) is 5.91 Å². The summed E-state index contributed by atoms with van der Waals surface area (Å²) in [4.78, 5) is 14.5. The van der Waals surface area contributed by atoms with Crippen LogP contribution in [0, 0.1) is 6.92 Å². The summed E-state index contributed by atoms with van der Waals surface area (Å²) in [6, 6.07) is 0.0785. The fourth-order valence-corrected chi connectivity index (χ4v) is 2.75. The number of ether oxygens (including phenoxy) is 1. The molecule has 112 valence electrons. The predicted molar refractivity (Wildman–Crippen MR) is 79.8 cm³/mol. The smallest absolute Gasteiger partial charge is 0.273 e. The third-order valence-corrected chi connectivity index (χ3v) is 4.44. The molecule has 1 aliphatic heterocycles. The molecule has 1 aromatic heterocycles. The van der Waals surface area contributed by atoms with Gasteiger partial charge in [0, 0.05) is 32.7 Å². The Hall–Kier alpha value is -0.920. The molecule has 0 bridgehead atoms. The van der Waals surface area contributed by atoms with E-state index in [1.54, 1.807) is 4.68 Å². The van der Waals surface area contributed by atoms with Crippen LogP contribution in [0.1, 0.15) is 23.1 Å². The zero-order valence-electron chi connectivity index (χ0n) is 12.1. The Balaban J connectivity index is 1.91. The van der Waals surface area contributed by atoms with Crippen molar-refractivity contribution < 1.29 is 9.53 Å². The molecule has 20 heavy (non-hydrogen) atoms. The maximum atomic E-state index is 12.2. The molecular formula is C13H21BrN4O2. The van der Waals surface area contributed by atoms with Gasteiger partial charge < -0.3 is 10.1 Å². The van der Waals surface area contributed by atoms with Crippen molar-refractivity contribution in [3.8, 4) is 0 Å². The molecule has 0 radical (unpaired) electrons. The second-order valence-corrected chi connectivity index (χ2v) is 5.95. The summed E-state index contributed by atoms with van der Waals surface area (Å²) in [6.07, 6.45) is 0. The van der Waals surface area contributed by atoms with E-state index >= 15 is 0 Å². The van der Waals surface area contributed by atoms with Crippen molar-refractivity contribution in [2.75, 3.05) is 32.8 Å². The van der Waals surface area contributed by atoms with E-state index in [9.17, 15) is 4.79 Å². The molecule has 1 unspecified atom stereocenters. The number of aryl methyl sites for hydroxylation is 1. The molecule has 1 aromatic rings. The quantitative estimate of drug-likeness (QED) is 0.883. The molecule has 0 spiro atoms. The molecular weight excluding hydrogens is 324 g/mol. The van der Waals surface area contributed by atoms with Crippen LogP contribution in [0.5, 0.6) is 0 Å². The molecule has 1 N–H and O–H groups in total. The zero-order chi connectivity index (χ0) is 14.7. The van der Waals surface area contributed by atoms with Gasteiger partial charge in [0.15, 0.2) is 5.69 Å². The Morgan fingerprint density at radius 2 is 2.15 bits per heavy atom. The first-order valence-corrected chi connectivity index (χ1v) is 7.58. The number of nitrogens with zero attached hydrogens (tertiary/aromatic N) is 3. The largest absolute Gasteiger partial charge is 0.379 e. The number of halogens is 1. The van der Waals surface area contributed by atoms with Gasteiger partial charge in [-0.25, -0.2) is 0 Å². The summed E-state index contributed by atoms with van der Waals surface area (Å²) in [5.74, 6) is -0.138. The van der Waals surface area contributed by atoms with Gasteiger partial charge in [-0.2, -0.15) is 5.10 Å². The molecule has 0 saturated carbocycles. The highest BCUT2D eigenvalue weighted by Crippen LogP contribution is 2.19. The zero-order valence-corrected chi connectivity index (χ0v) is 13.7. The van der Waals surface area contributed by atoms with Gasteiger partial charge in [-0.1, -0.05) is 0 Å². The minimum absolute atomic E-state index is 0.0785. The Morgan fingerprint density at radius 3 is 2.70 bits per heavy atom. The fraction of sp³-hybridized carbons (Fsp3) is 0.692. The SMILES string of the molecule is Cc1c(Br)c(C(=O)NC(C)CN2CCOCC2)nn1C. The summed E-state index contributed by atoms with van der Waals surface area (Å²) in [6.45, 7) is 8.15. The highest BCUT2D eigenvalue weighted by molar-refractivity contribution is 9.10. The van der Waals surface area contributed by atoms with Crippen LogP contribution in [0.2, 0.25) is 0 Å². The number of aromatic nitrogens is 2. The summed E-state index contributed by atoms with van der Waals surface area (Å²) >= 11 is 3.42. The minimum Gasteiger partial charge on any atom is -0.379 e. The summed E-state index contributed by atoms with van der Waals surface area (Å²) in [5.41, 5.74) is 1.38. The monoisotopic (exact) mass is 344 g/mol. The Kier molecular flexibility index (Phi) is 5.17. The Morgan fingerprint density at radius 1 is 1.50 bits per heavy atom. The fourth-order valence-electron chi connectivity index (χ4n) is 2.24. The number of rotatable bonds is 4. The molecule has 0 aromatic carbocycles. The summed E-state index contributed by atoms with van der Waals surface area (Å²) < 4.78 is 7.78. The average molecular weight is 345 g/mol. The summed E-state index contributed by atoms with van der Waals surface area (Å²) in [5, 5.41) is 7.23. The van der Waals surface area contributed by atoms with E-state index in [1.165, 1.54) is 0 Å². The van der Waals surface area contributed by atoms with Crippen molar-refractivity contribution in [1.29, 1.82) is 0 Å². The summed E-state index contributed by atoms with van der Waals surface area (Å²) in [7, 11) is 1.83. The topological polar surface area (TPSA) is 59.4 Å². The van der Waals surface area contributed by atoms with E-state index in [0.717, 1.165) is 43.0 Å². The first-order chi connectivity index (χ1) is 9.49. The molecule has 2 heterocycles. The van der Waals surface area contributed by atoms with Gasteiger partial charge in [0.05, 0.1) is 23.4 Å². The lowest BCUT2D eigenvalue weighted by Gasteiger charge is -2.29. The molecule has 1 saturated heterocycles. The van der Waals surface area contributed by atoms with E-state index in [0.29, 0.717) is 5.69 Å². The third kappa shape index (κ3) is 3.59. The van der Waals surface area contributed by atoms with Crippen molar-refractivity contribution >= 4 is 21.8 Å². The maximum Gasteiger partial charge on any atom is 0.273 e. The molecule has 2 rings (SSSR count). The Bertz CT molecular complexity index is 483. The molecule has 1 amide bonds. The highest BCUT2D eigenvalue weighted by Gasteiger charge is 2.20. The number of morpholine rings is 1. The Labute approximate surface area is 127 Å². The number of carbonyl (C=O) groups is 1. The van der Waals surface area contributed by atoms with Gasteiger partial charge in [-0.3, -0.25) is 14.4 Å². The van der Waals surface area contributed by atoms with Gasteiger partial charge in [0.2, 0.25) is 0 Å². The van der Waals surface area contributed by atoms with Gasteiger partial charge in [-0.15, -0.1) is 0 Å². The normalized spacial score (nSPS) is 18.0. The van der Waals surface area contributed by atoms with E-state index in [2.05, 4.69) is 31.2 Å². The van der Waals surface area contributed by atoms with E-state index in [-0.39, 0.29) is 11.9 Å². The lowest BCUT2D eigenvalue weighted by atomic mass is 10.2. The van der Waals surface area contributed by atoms with Crippen LogP contribution in [0.15, 0.2) is 4.47 Å². The molecule has 0 aliphatic carbocycles. The molecule has 1 fully saturated rings. The first kappa shape index (κ1) is 15.5. The number of hydrogen-bond donors (Lipinski definition) is 1. The van der Waals surface area contributed by atoms with Gasteiger partial charge >= 0.3 is 0 Å². The van der Waals surface area contributed by atoms with Crippen molar-refractivity contribution in [2.24, 2.45) is 7.05 Å². The van der Waals surface area contributed by atoms with Crippen LogP contribution in [-0.4, -0.2) is 59.5 Å². The third-order valence-electron chi connectivity index (χ3n) is 3.49. The van der Waals surface area contributed by atoms with E-state index in [1.807, 2.05) is 20.9 Å². The second-order valence-electron chi connectivity index (χ2n) is 5.16. The van der Waals surface area contributed by atoms with Crippen LogP contribution in [0.4, 0.5) is 0 Å². The van der Waals surface area contributed by atoms with Crippen LogP contribution < -0.4 is 5.32 Å². The van der Waals surface area contributed by atoms with Gasteiger partial charge in [-0.05, 0) is 29.8 Å². The minimum atomic E-state index is -0.138. The van der Waals surface area contributed by atoms with Crippen molar-refractivity contribution in [3.05, 3.63) is 15.9 Å². The average Bonchev–Trinajstić information content (AvgIpc) is 2.67. The number of hydrogen-bond acceptors (Lipinski definition) is 4. The van der Waals surface area contributed by atoms with E-state index in [4.69, 9.17) is 4.74 Å². The molecule has 6 nitrogen and oxygen atoms in total. The molecule has 1 atom stereocenters. The van der Waals surface area contributed by atoms with Crippen molar-refractivity contribution in [1.82, 2.24) is 20.0 Å². The van der Waals surface area contributed by atoms with Gasteiger partial charge in [0.1, 0.15) is 0 Å². The predicted octanol–water partition coefficient (Wildman–Crippen LogP) is 0.942. The van der Waals surface area contributed by atoms with Crippen LogP contribution in [0.25, 0.3) is 0 Å². The molecule has 1 aliphatic rings. The molecule has 7 heteroatoms. The lowest BCUT2D eigenvalue weighted by molar-refractivity contribution is 0.0342. The highest BCUT2D eigenvalue weighted by atomic mass is 79.9. The van der Waals surface area contributed by atoms with Crippen molar-refractivity contribution in [2.45, 2.75) is 19.9 Å². The number of nitrogens with one attached hydrogen (secondary N) is 1.